The summed E-state index contributed by atoms with van der Waals surface area (Å²) in [5, 5.41) is 9.53. The Morgan fingerprint density at radius 2 is 2.00 bits per heavy atom. The van der Waals surface area contributed by atoms with Gasteiger partial charge in [0.2, 0.25) is 5.91 Å². The molecule has 0 radical (unpaired) electrons. The minimum absolute atomic E-state index is 0. The number of likely N-dealkylation sites (tertiary alicyclic amines) is 1. The Labute approximate surface area is 206 Å². The van der Waals surface area contributed by atoms with Gasteiger partial charge in [0.05, 0.1) is 12.8 Å². The lowest BCUT2D eigenvalue weighted by atomic mass is 10.1. The maximum Gasteiger partial charge on any atom is 0.251 e. The van der Waals surface area contributed by atoms with Crippen LogP contribution in [-0.2, 0) is 17.9 Å². The van der Waals surface area contributed by atoms with Gasteiger partial charge in [-0.25, -0.2) is 0 Å². The lowest BCUT2D eigenvalue weighted by Gasteiger charge is -2.20. The van der Waals surface area contributed by atoms with Crippen LogP contribution in [0.25, 0.3) is 0 Å². The summed E-state index contributed by atoms with van der Waals surface area (Å²) in [4.78, 5) is 30.8. The van der Waals surface area contributed by atoms with Crippen LogP contribution in [0.4, 0.5) is 0 Å². The van der Waals surface area contributed by atoms with Crippen molar-refractivity contribution in [2.45, 2.75) is 39.4 Å². The fourth-order valence-electron chi connectivity index (χ4n) is 3.52. The number of rotatable bonds is 7. The van der Waals surface area contributed by atoms with Gasteiger partial charge in [0, 0.05) is 44.2 Å². The summed E-state index contributed by atoms with van der Waals surface area (Å²) >= 11 is 0. The molecule has 0 saturated carbocycles. The minimum atomic E-state index is -0.151. The summed E-state index contributed by atoms with van der Waals surface area (Å²) in [7, 11) is 1.72. The van der Waals surface area contributed by atoms with Crippen LogP contribution >= 0.6 is 24.0 Å². The van der Waals surface area contributed by atoms with E-state index in [9.17, 15) is 9.59 Å². The zero-order chi connectivity index (χ0) is 22.2. The highest BCUT2D eigenvalue weighted by Gasteiger charge is 2.27. The number of carbonyl (C=O) groups excluding carboxylic acids is 2. The van der Waals surface area contributed by atoms with Crippen LogP contribution in [0.15, 0.2) is 52.1 Å². The Morgan fingerprint density at radius 3 is 2.69 bits per heavy atom. The number of hydrogen-bond donors (Lipinski definition) is 3. The fourth-order valence-corrected chi connectivity index (χ4v) is 3.52. The maximum atomic E-state index is 12.4. The molecular weight excluding hydrogens is 521 g/mol. The van der Waals surface area contributed by atoms with Crippen LogP contribution in [0.5, 0.6) is 0 Å². The van der Waals surface area contributed by atoms with Gasteiger partial charge in [-0.1, -0.05) is 26.0 Å². The van der Waals surface area contributed by atoms with Crippen molar-refractivity contribution in [3.63, 3.8) is 0 Å². The van der Waals surface area contributed by atoms with Crippen molar-refractivity contribution in [3.8, 4) is 0 Å². The van der Waals surface area contributed by atoms with E-state index in [1.54, 1.807) is 25.4 Å². The van der Waals surface area contributed by atoms with E-state index in [2.05, 4.69) is 20.9 Å². The number of carbonyl (C=O) groups is 2. The largest absolute Gasteiger partial charge is 0.467 e. The summed E-state index contributed by atoms with van der Waals surface area (Å²) in [6, 6.07) is 11.3. The summed E-state index contributed by atoms with van der Waals surface area (Å²) < 4.78 is 5.24. The van der Waals surface area contributed by atoms with Gasteiger partial charge in [-0.2, -0.15) is 0 Å². The predicted octanol–water partition coefficient (Wildman–Crippen LogP) is 2.75. The van der Waals surface area contributed by atoms with Crippen LogP contribution in [0, 0.1) is 5.92 Å². The first kappa shape index (κ1) is 25.7. The quantitative estimate of drug-likeness (QED) is 0.278. The van der Waals surface area contributed by atoms with Crippen LogP contribution in [0.3, 0.4) is 0 Å². The van der Waals surface area contributed by atoms with Crippen molar-refractivity contribution >= 4 is 41.8 Å². The Hall–Kier alpha value is -2.56. The van der Waals surface area contributed by atoms with Gasteiger partial charge in [-0.05, 0) is 36.2 Å². The smallest absolute Gasteiger partial charge is 0.251 e. The van der Waals surface area contributed by atoms with Crippen molar-refractivity contribution in [3.05, 3.63) is 59.5 Å². The molecule has 32 heavy (non-hydrogen) atoms. The SMILES string of the molecule is CN=C(NCc1cccc(C(=O)NCc2ccco2)c1)NC1CCN(C(=O)C(C)C)C1.I. The molecule has 1 aromatic carbocycles. The summed E-state index contributed by atoms with van der Waals surface area (Å²) in [6.07, 6.45) is 2.48. The van der Waals surface area contributed by atoms with Crippen molar-refractivity contribution in [2.75, 3.05) is 20.1 Å². The van der Waals surface area contributed by atoms with Crippen molar-refractivity contribution in [2.24, 2.45) is 10.9 Å². The number of halogens is 1. The lowest BCUT2D eigenvalue weighted by Crippen LogP contribution is -2.45. The number of amides is 2. The Bertz CT molecular complexity index is 914. The third-order valence-corrected chi connectivity index (χ3v) is 5.21. The number of benzene rings is 1. The van der Waals surface area contributed by atoms with Crippen LogP contribution in [0.2, 0.25) is 0 Å². The number of nitrogens with zero attached hydrogens (tertiary/aromatic N) is 2. The second-order valence-electron chi connectivity index (χ2n) is 7.96. The molecule has 0 spiro atoms. The topological polar surface area (TPSA) is 99.0 Å². The summed E-state index contributed by atoms with van der Waals surface area (Å²) in [5.74, 6) is 1.44. The standard InChI is InChI=1S/C23H31N5O3.HI/c1-16(2)22(30)28-10-9-19(15-28)27-23(24-3)26-13-17-6-4-7-18(12-17)21(29)25-14-20-8-5-11-31-20;/h4-8,11-12,16,19H,9-10,13-15H2,1-3H3,(H,25,29)(H2,24,26,27);1H. The van der Waals surface area contributed by atoms with E-state index in [0.29, 0.717) is 36.9 Å². The maximum absolute atomic E-state index is 12.4. The molecule has 0 aliphatic carbocycles. The zero-order valence-electron chi connectivity index (χ0n) is 18.8. The third kappa shape index (κ3) is 7.25. The number of aliphatic imine (C=N–C) groups is 1. The molecule has 1 atom stereocenters. The molecule has 2 aromatic rings. The average molecular weight is 553 g/mol. The normalized spacial score (nSPS) is 15.9. The van der Waals surface area contributed by atoms with Crippen LogP contribution in [-0.4, -0.2) is 48.9 Å². The molecule has 1 aliphatic rings. The van der Waals surface area contributed by atoms with Gasteiger partial charge >= 0.3 is 0 Å². The summed E-state index contributed by atoms with van der Waals surface area (Å²) in [5.41, 5.74) is 1.56. The van der Waals surface area contributed by atoms with E-state index in [1.807, 2.05) is 43.0 Å². The molecule has 2 amide bonds. The molecule has 1 aromatic heterocycles. The predicted molar refractivity (Wildman–Crippen MR) is 135 cm³/mol. The van der Waals surface area contributed by atoms with Gasteiger partial charge in [-0.3, -0.25) is 14.6 Å². The number of furan rings is 1. The molecule has 1 saturated heterocycles. The van der Waals surface area contributed by atoms with Gasteiger partial charge in [0.15, 0.2) is 5.96 Å². The highest BCUT2D eigenvalue weighted by Crippen LogP contribution is 2.13. The van der Waals surface area contributed by atoms with E-state index >= 15 is 0 Å². The van der Waals surface area contributed by atoms with Gasteiger partial charge in [0.25, 0.3) is 5.91 Å². The second-order valence-corrected chi connectivity index (χ2v) is 7.96. The lowest BCUT2D eigenvalue weighted by molar-refractivity contribution is -0.133. The molecule has 3 rings (SSSR count). The molecule has 1 aliphatic heterocycles. The minimum Gasteiger partial charge on any atom is -0.467 e. The van der Waals surface area contributed by atoms with Crippen LogP contribution in [0.1, 0.15) is 41.9 Å². The monoisotopic (exact) mass is 553 g/mol. The van der Waals surface area contributed by atoms with Gasteiger partial charge < -0.3 is 25.3 Å². The molecular formula is C23H32IN5O3. The van der Waals surface area contributed by atoms with Gasteiger partial charge in [0.1, 0.15) is 5.76 Å². The van der Waals surface area contributed by atoms with Crippen LogP contribution < -0.4 is 16.0 Å². The van der Waals surface area contributed by atoms with E-state index in [1.165, 1.54) is 0 Å². The van der Waals surface area contributed by atoms with Gasteiger partial charge in [-0.15, -0.1) is 24.0 Å². The highest BCUT2D eigenvalue weighted by molar-refractivity contribution is 14.0. The Balaban J connectivity index is 0.00000363. The molecule has 1 unspecified atom stereocenters. The number of nitrogens with one attached hydrogen (secondary N) is 3. The first-order chi connectivity index (χ1) is 15.0. The second kappa shape index (κ2) is 12.5. The zero-order valence-corrected chi connectivity index (χ0v) is 21.1. The Morgan fingerprint density at radius 1 is 1.19 bits per heavy atom. The Kier molecular flexibility index (Phi) is 10.0. The third-order valence-electron chi connectivity index (χ3n) is 5.21. The van der Waals surface area contributed by atoms with Crippen molar-refractivity contribution in [1.82, 2.24) is 20.9 Å². The van der Waals surface area contributed by atoms with E-state index in [0.717, 1.165) is 18.5 Å². The number of guanidine groups is 1. The number of hydrogen-bond acceptors (Lipinski definition) is 4. The first-order valence-electron chi connectivity index (χ1n) is 10.6. The molecule has 2 heterocycles. The van der Waals surface area contributed by atoms with E-state index in [4.69, 9.17) is 4.42 Å². The summed E-state index contributed by atoms with van der Waals surface area (Å²) in [6.45, 7) is 6.18. The molecule has 0 bridgehead atoms. The molecule has 9 heteroatoms. The fraction of sp³-hybridized carbons (Fsp3) is 0.435. The average Bonchev–Trinajstić information content (AvgIpc) is 3.46. The van der Waals surface area contributed by atoms with E-state index < -0.39 is 0 Å². The van der Waals surface area contributed by atoms with E-state index in [-0.39, 0.29) is 47.8 Å². The van der Waals surface area contributed by atoms with Crippen molar-refractivity contribution in [1.29, 1.82) is 0 Å². The molecule has 1 fully saturated rings. The van der Waals surface area contributed by atoms with Crippen molar-refractivity contribution < 1.29 is 14.0 Å². The molecule has 3 N–H and O–H groups in total. The molecule has 174 valence electrons. The molecule has 8 nitrogen and oxygen atoms in total. The highest BCUT2D eigenvalue weighted by atomic mass is 127. The first-order valence-corrected chi connectivity index (χ1v) is 10.6.